The minimum Gasteiger partial charge on any atom is -0.489 e. The molecule has 0 atom stereocenters. The minimum atomic E-state index is 0.0948. The molecule has 0 spiro atoms. The van der Waals surface area contributed by atoms with Gasteiger partial charge in [0.15, 0.2) is 0 Å². The van der Waals surface area contributed by atoms with E-state index in [0.717, 1.165) is 22.4 Å². The van der Waals surface area contributed by atoms with Crippen molar-refractivity contribution >= 4 is 6.47 Å². The highest BCUT2D eigenvalue weighted by Crippen LogP contribution is 2.31. The number of benzene rings is 2. The summed E-state index contributed by atoms with van der Waals surface area (Å²) in [6.45, 7) is 3.05. The number of aryl methyl sites for hydroxylation is 1. The Morgan fingerprint density at radius 1 is 1.09 bits per heavy atom. The SMILES string of the molecule is Cc1ccc(-c2ccc(CCO)cc2OCCOC=O)cc1. The van der Waals surface area contributed by atoms with Crippen molar-refractivity contribution in [3.63, 3.8) is 0 Å². The first-order valence-corrected chi connectivity index (χ1v) is 7.23. The van der Waals surface area contributed by atoms with Gasteiger partial charge in [-0.15, -0.1) is 0 Å². The van der Waals surface area contributed by atoms with Crippen LogP contribution in [0.15, 0.2) is 42.5 Å². The normalized spacial score (nSPS) is 10.3. The zero-order chi connectivity index (χ0) is 15.8. The molecule has 4 heteroatoms. The van der Waals surface area contributed by atoms with E-state index in [2.05, 4.69) is 16.9 Å². The van der Waals surface area contributed by atoms with Gasteiger partial charge >= 0.3 is 0 Å². The number of carbonyl (C=O) groups excluding carboxylic acids is 1. The van der Waals surface area contributed by atoms with Gasteiger partial charge in [-0.3, -0.25) is 4.79 Å². The second-order valence-corrected chi connectivity index (χ2v) is 4.99. The van der Waals surface area contributed by atoms with Gasteiger partial charge in [-0.05, 0) is 30.5 Å². The summed E-state index contributed by atoms with van der Waals surface area (Å²) in [6, 6.07) is 14.1. The van der Waals surface area contributed by atoms with Gasteiger partial charge in [0, 0.05) is 12.2 Å². The largest absolute Gasteiger partial charge is 0.489 e. The summed E-state index contributed by atoms with van der Waals surface area (Å²) >= 11 is 0. The van der Waals surface area contributed by atoms with E-state index in [1.54, 1.807) is 0 Å². The lowest BCUT2D eigenvalue weighted by Gasteiger charge is -2.13. The summed E-state index contributed by atoms with van der Waals surface area (Å²) in [5.41, 5.74) is 4.24. The van der Waals surface area contributed by atoms with Crippen molar-refractivity contribution < 1.29 is 19.4 Å². The van der Waals surface area contributed by atoms with E-state index in [1.807, 2.05) is 37.3 Å². The predicted molar refractivity (Wildman–Crippen MR) is 84.9 cm³/mol. The van der Waals surface area contributed by atoms with Crippen LogP contribution in [0.3, 0.4) is 0 Å². The van der Waals surface area contributed by atoms with Crippen molar-refractivity contribution in [2.24, 2.45) is 0 Å². The Bertz CT molecular complexity index is 605. The molecule has 4 nitrogen and oxygen atoms in total. The maximum atomic E-state index is 10.2. The molecule has 0 heterocycles. The summed E-state index contributed by atoms with van der Waals surface area (Å²) in [5, 5.41) is 9.07. The highest BCUT2D eigenvalue weighted by Gasteiger charge is 2.08. The molecular weight excluding hydrogens is 280 g/mol. The molecule has 2 aromatic rings. The lowest BCUT2D eigenvalue weighted by Crippen LogP contribution is -2.07. The van der Waals surface area contributed by atoms with Crippen molar-refractivity contribution in [3.8, 4) is 16.9 Å². The molecule has 0 saturated heterocycles. The standard InChI is InChI=1S/C18H20O4/c1-14-2-5-16(6-3-14)17-7-4-15(8-9-19)12-18(17)22-11-10-21-13-20/h2-7,12-13,19H,8-11H2,1H3. The Labute approximate surface area is 130 Å². The zero-order valence-corrected chi connectivity index (χ0v) is 12.6. The molecule has 2 aromatic carbocycles. The average Bonchev–Trinajstić information content (AvgIpc) is 2.53. The van der Waals surface area contributed by atoms with Crippen LogP contribution in [0.5, 0.6) is 5.75 Å². The van der Waals surface area contributed by atoms with Gasteiger partial charge < -0.3 is 14.6 Å². The molecule has 1 N–H and O–H groups in total. The summed E-state index contributed by atoms with van der Waals surface area (Å²) in [7, 11) is 0. The number of rotatable bonds is 8. The minimum absolute atomic E-state index is 0.0948. The number of aliphatic hydroxyl groups excluding tert-OH is 1. The molecule has 116 valence electrons. The second kappa shape index (κ2) is 8.20. The van der Waals surface area contributed by atoms with E-state index in [9.17, 15) is 4.79 Å². The van der Waals surface area contributed by atoms with Gasteiger partial charge in [-0.1, -0.05) is 42.0 Å². The van der Waals surface area contributed by atoms with Gasteiger partial charge in [0.1, 0.15) is 19.0 Å². The fourth-order valence-corrected chi connectivity index (χ4v) is 2.19. The van der Waals surface area contributed by atoms with Crippen LogP contribution in [-0.4, -0.2) is 31.4 Å². The number of carbonyl (C=O) groups is 1. The number of ether oxygens (including phenoxy) is 2. The quantitative estimate of drug-likeness (QED) is 0.601. The van der Waals surface area contributed by atoms with Crippen LogP contribution in [0.2, 0.25) is 0 Å². The molecule has 0 aliphatic rings. The fourth-order valence-electron chi connectivity index (χ4n) is 2.19. The molecule has 0 unspecified atom stereocenters. The average molecular weight is 300 g/mol. The smallest absolute Gasteiger partial charge is 0.293 e. The predicted octanol–water partition coefficient (Wildman–Crippen LogP) is 2.75. The highest BCUT2D eigenvalue weighted by molar-refractivity contribution is 5.71. The van der Waals surface area contributed by atoms with Crippen molar-refractivity contribution in [2.75, 3.05) is 19.8 Å². The van der Waals surface area contributed by atoms with E-state index in [0.29, 0.717) is 19.5 Å². The molecular formula is C18H20O4. The number of hydrogen-bond acceptors (Lipinski definition) is 4. The van der Waals surface area contributed by atoms with E-state index in [4.69, 9.17) is 9.84 Å². The lowest BCUT2D eigenvalue weighted by atomic mass is 10.0. The Balaban J connectivity index is 2.26. The van der Waals surface area contributed by atoms with E-state index >= 15 is 0 Å². The highest BCUT2D eigenvalue weighted by atomic mass is 16.5. The fraction of sp³-hybridized carbons (Fsp3) is 0.278. The first-order chi connectivity index (χ1) is 10.7. The Hall–Kier alpha value is -2.33. The van der Waals surface area contributed by atoms with Gasteiger partial charge in [0.2, 0.25) is 0 Å². The van der Waals surface area contributed by atoms with Crippen molar-refractivity contribution in [1.82, 2.24) is 0 Å². The van der Waals surface area contributed by atoms with Crippen molar-refractivity contribution in [2.45, 2.75) is 13.3 Å². The maximum Gasteiger partial charge on any atom is 0.293 e. The Kier molecular flexibility index (Phi) is 5.98. The first-order valence-electron chi connectivity index (χ1n) is 7.23. The molecule has 0 amide bonds. The Morgan fingerprint density at radius 2 is 1.86 bits per heavy atom. The summed E-state index contributed by atoms with van der Waals surface area (Å²) < 4.78 is 10.4. The molecule has 0 aliphatic heterocycles. The molecule has 0 saturated carbocycles. The van der Waals surface area contributed by atoms with Gasteiger partial charge in [-0.25, -0.2) is 0 Å². The van der Waals surface area contributed by atoms with Gasteiger partial charge in [0.25, 0.3) is 6.47 Å². The van der Waals surface area contributed by atoms with Crippen LogP contribution in [0.4, 0.5) is 0 Å². The topological polar surface area (TPSA) is 55.8 Å². The lowest BCUT2D eigenvalue weighted by molar-refractivity contribution is -0.129. The van der Waals surface area contributed by atoms with Crippen LogP contribution < -0.4 is 4.74 Å². The van der Waals surface area contributed by atoms with Crippen LogP contribution in [0.1, 0.15) is 11.1 Å². The summed E-state index contributed by atoms with van der Waals surface area (Å²) in [5.74, 6) is 0.726. The summed E-state index contributed by atoms with van der Waals surface area (Å²) in [4.78, 5) is 10.2. The number of hydrogen-bond donors (Lipinski definition) is 1. The monoisotopic (exact) mass is 300 g/mol. The maximum absolute atomic E-state index is 10.2. The molecule has 0 radical (unpaired) electrons. The van der Waals surface area contributed by atoms with Crippen LogP contribution in [-0.2, 0) is 16.0 Å². The van der Waals surface area contributed by atoms with Crippen molar-refractivity contribution in [3.05, 3.63) is 53.6 Å². The third-order valence-corrected chi connectivity index (χ3v) is 3.34. The van der Waals surface area contributed by atoms with E-state index in [1.165, 1.54) is 5.56 Å². The molecule has 0 fully saturated rings. The van der Waals surface area contributed by atoms with Gasteiger partial charge in [-0.2, -0.15) is 0 Å². The second-order valence-electron chi connectivity index (χ2n) is 4.99. The molecule has 0 aromatic heterocycles. The van der Waals surface area contributed by atoms with Crippen LogP contribution >= 0.6 is 0 Å². The van der Waals surface area contributed by atoms with E-state index < -0.39 is 0 Å². The molecule has 0 bridgehead atoms. The summed E-state index contributed by atoms with van der Waals surface area (Å²) in [6.07, 6.45) is 0.579. The number of aliphatic hydroxyl groups is 1. The first kappa shape index (κ1) is 16.0. The zero-order valence-electron chi connectivity index (χ0n) is 12.6. The third-order valence-electron chi connectivity index (χ3n) is 3.34. The Morgan fingerprint density at radius 3 is 2.55 bits per heavy atom. The van der Waals surface area contributed by atoms with Gasteiger partial charge in [0.05, 0.1) is 0 Å². The molecule has 22 heavy (non-hydrogen) atoms. The van der Waals surface area contributed by atoms with Crippen LogP contribution in [0.25, 0.3) is 11.1 Å². The molecule has 2 rings (SSSR count). The van der Waals surface area contributed by atoms with Crippen molar-refractivity contribution in [1.29, 1.82) is 0 Å². The molecule has 0 aliphatic carbocycles. The van der Waals surface area contributed by atoms with E-state index in [-0.39, 0.29) is 13.2 Å². The third kappa shape index (κ3) is 4.33. The van der Waals surface area contributed by atoms with Crippen LogP contribution in [0, 0.1) is 6.92 Å².